The molecule has 0 aliphatic carbocycles. The Labute approximate surface area is 147 Å². The summed E-state index contributed by atoms with van der Waals surface area (Å²) in [7, 11) is 0. The topological polar surface area (TPSA) is 67.9 Å². The first kappa shape index (κ1) is 16.9. The maximum absolute atomic E-state index is 11.5. The second kappa shape index (κ2) is 7.30. The zero-order valence-corrected chi connectivity index (χ0v) is 14.6. The first-order valence-corrected chi connectivity index (χ1v) is 8.32. The molecule has 128 valence electrons. The number of hydrogen-bond acceptors (Lipinski definition) is 4. The molecule has 3 aromatic rings. The van der Waals surface area contributed by atoms with Gasteiger partial charge in [0.15, 0.2) is 11.5 Å². The Kier molecular flexibility index (Phi) is 4.93. The number of carbonyl (C=O) groups excluding carboxylic acids is 1. The molecular formula is C20H21N3O2. The fourth-order valence-electron chi connectivity index (χ4n) is 2.65. The van der Waals surface area contributed by atoms with Crippen LogP contribution in [0.2, 0.25) is 0 Å². The van der Waals surface area contributed by atoms with Crippen molar-refractivity contribution in [3.05, 3.63) is 59.8 Å². The third kappa shape index (κ3) is 4.12. The van der Waals surface area contributed by atoms with Gasteiger partial charge >= 0.3 is 0 Å². The molecule has 5 nitrogen and oxygen atoms in total. The largest absolute Gasteiger partial charge is 0.436 e. The summed E-state index contributed by atoms with van der Waals surface area (Å²) < 4.78 is 5.64. The van der Waals surface area contributed by atoms with Crippen LogP contribution in [-0.2, 0) is 6.42 Å². The number of Topliss-reactive ketones (excluding diaryl/α,β-unsaturated/α-hetero) is 1. The van der Waals surface area contributed by atoms with Gasteiger partial charge < -0.3 is 4.74 Å². The first-order chi connectivity index (χ1) is 12.0. The molecule has 1 N–H and O–H groups in total. The van der Waals surface area contributed by atoms with Gasteiger partial charge in [0.2, 0.25) is 0 Å². The number of nitrogens with zero attached hydrogens (tertiary/aromatic N) is 2. The van der Waals surface area contributed by atoms with E-state index in [1.54, 1.807) is 0 Å². The maximum Gasteiger partial charge on any atom is 0.269 e. The van der Waals surface area contributed by atoms with Gasteiger partial charge in [0, 0.05) is 6.92 Å². The lowest BCUT2D eigenvalue weighted by molar-refractivity contribution is 0.101. The van der Waals surface area contributed by atoms with E-state index in [0.29, 0.717) is 11.7 Å². The average molecular weight is 335 g/mol. The molecule has 5 heteroatoms. The summed E-state index contributed by atoms with van der Waals surface area (Å²) in [5, 5.41) is 9.96. The highest BCUT2D eigenvalue weighted by Gasteiger charge is 2.13. The summed E-state index contributed by atoms with van der Waals surface area (Å²) in [5.41, 5.74) is 3.88. The van der Waals surface area contributed by atoms with Gasteiger partial charge in [-0.1, -0.05) is 60.6 Å². The molecule has 0 spiro atoms. The van der Waals surface area contributed by atoms with Crippen molar-refractivity contribution in [3.8, 4) is 22.8 Å². The number of aromatic amines is 1. The van der Waals surface area contributed by atoms with Crippen molar-refractivity contribution < 1.29 is 9.53 Å². The fourth-order valence-corrected chi connectivity index (χ4v) is 2.65. The van der Waals surface area contributed by atoms with E-state index < -0.39 is 0 Å². The summed E-state index contributed by atoms with van der Waals surface area (Å²) in [6.45, 7) is 5.88. The summed E-state index contributed by atoms with van der Waals surface area (Å²) in [6.07, 6.45) is 1.09. The van der Waals surface area contributed by atoms with Crippen LogP contribution in [-0.4, -0.2) is 21.2 Å². The van der Waals surface area contributed by atoms with E-state index in [-0.39, 0.29) is 17.4 Å². The van der Waals surface area contributed by atoms with Crippen LogP contribution in [0.1, 0.15) is 36.8 Å². The molecule has 3 rings (SSSR count). The molecule has 0 saturated heterocycles. The minimum absolute atomic E-state index is 0.168. The normalized spacial score (nSPS) is 10.9. The highest BCUT2D eigenvalue weighted by molar-refractivity contribution is 5.94. The zero-order chi connectivity index (χ0) is 17.8. The van der Waals surface area contributed by atoms with Crippen molar-refractivity contribution >= 4 is 5.78 Å². The van der Waals surface area contributed by atoms with Crippen molar-refractivity contribution in [2.24, 2.45) is 5.92 Å². The Morgan fingerprint density at radius 2 is 1.64 bits per heavy atom. The average Bonchev–Trinajstić information content (AvgIpc) is 3.04. The molecule has 0 amide bonds. The molecule has 25 heavy (non-hydrogen) atoms. The highest BCUT2D eigenvalue weighted by atomic mass is 16.5. The smallest absolute Gasteiger partial charge is 0.269 e. The van der Waals surface area contributed by atoms with E-state index in [1.807, 2.05) is 24.3 Å². The van der Waals surface area contributed by atoms with E-state index in [9.17, 15) is 4.79 Å². The summed E-state index contributed by atoms with van der Waals surface area (Å²) >= 11 is 0. The fraction of sp³-hybridized carbons (Fsp3) is 0.250. The van der Waals surface area contributed by atoms with Crippen LogP contribution in [0.5, 0.6) is 11.6 Å². The molecular weight excluding hydrogens is 314 g/mol. The Morgan fingerprint density at radius 1 is 1.04 bits per heavy atom. The van der Waals surface area contributed by atoms with Crippen molar-refractivity contribution in [2.45, 2.75) is 27.2 Å². The van der Waals surface area contributed by atoms with Crippen LogP contribution >= 0.6 is 0 Å². The Morgan fingerprint density at radius 3 is 2.20 bits per heavy atom. The van der Waals surface area contributed by atoms with E-state index in [1.165, 1.54) is 12.5 Å². The van der Waals surface area contributed by atoms with E-state index in [2.05, 4.69) is 53.5 Å². The van der Waals surface area contributed by atoms with Gasteiger partial charge in [-0.2, -0.15) is 0 Å². The van der Waals surface area contributed by atoms with Crippen molar-refractivity contribution in [1.82, 2.24) is 15.4 Å². The number of H-pyrrole nitrogens is 1. The van der Waals surface area contributed by atoms with Crippen LogP contribution in [0.15, 0.2) is 48.5 Å². The Balaban J connectivity index is 1.73. The van der Waals surface area contributed by atoms with E-state index in [4.69, 9.17) is 4.74 Å². The zero-order valence-electron chi connectivity index (χ0n) is 14.6. The predicted octanol–water partition coefficient (Wildman–Crippen LogP) is 4.67. The molecule has 0 unspecified atom stereocenters. The third-order valence-corrected chi connectivity index (χ3v) is 3.87. The standard InChI is InChI=1S/C20H21N3O2/c1-13(2)12-15-4-6-16(7-5-15)17-8-10-18(11-9-17)25-20-19(14(3)24)21-23-22-20/h4-11,13H,12H2,1-3H3,(H,21,22,23). The molecule has 1 heterocycles. The van der Waals surface area contributed by atoms with Crippen molar-refractivity contribution in [1.29, 1.82) is 0 Å². The van der Waals surface area contributed by atoms with Gasteiger partial charge in [-0.25, -0.2) is 0 Å². The number of rotatable bonds is 6. The van der Waals surface area contributed by atoms with Crippen molar-refractivity contribution in [3.63, 3.8) is 0 Å². The lowest BCUT2D eigenvalue weighted by Crippen LogP contribution is -1.96. The monoisotopic (exact) mass is 335 g/mol. The molecule has 2 aromatic carbocycles. The number of aromatic nitrogens is 3. The number of hydrogen-bond donors (Lipinski definition) is 1. The van der Waals surface area contributed by atoms with Gasteiger partial charge in [0.1, 0.15) is 5.75 Å². The minimum atomic E-state index is -0.168. The molecule has 0 aliphatic rings. The maximum atomic E-state index is 11.5. The molecule has 0 aliphatic heterocycles. The van der Waals surface area contributed by atoms with Gasteiger partial charge in [0.05, 0.1) is 0 Å². The van der Waals surface area contributed by atoms with E-state index in [0.717, 1.165) is 17.5 Å². The van der Waals surface area contributed by atoms with Crippen LogP contribution in [0.3, 0.4) is 0 Å². The molecule has 0 saturated carbocycles. The first-order valence-electron chi connectivity index (χ1n) is 8.32. The quantitative estimate of drug-likeness (QED) is 0.665. The molecule has 0 radical (unpaired) electrons. The van der Waals surface area contributed by atoms with Crippen LogP contribution in [0.25, 0.3) is 11.1 Å². The number of ketones is 1. The van der Waals surface area contributed by atoms with Crippen LogP contribution in [0, 0.1) is 5.92 Å². The lowest BCUT2D eigenvalue weighted by atomic mass is 9.99. The summed E-state index contributed by atoms with van der Waals surface area (Å²) in [6, 6.07) is 16.3. The SMILES string of the molecule is CC(=O)c1[nH]nnc1Oc1ccc(-c2ccc(CC(C)C)cc2)cc1. The molecule has 0 bridgehead atoms. The number of ether oxygens (including phenoxy) is 1. The summed E-state index contributed by atoms with van der Waals surface area (Å²) in [4.78, 5) is 11.5. The predicted molar refractivity (Wildman–Crippen MR) is 96.9 cm³/mol. The van der Waals surface area contributed by atoms with Gasteiger partial charge in [0.25, 0.3) is 5.88 Å². The van der Waals surface area contributed by atoms with Gasteiger partial charge in [-0.15, -0.1) is 0 Å². The molecule has 0 atom stereocenters. The summed E-state index contributed by atoms with van der Waals surface area (Å²) in [5.74, 6) is 1.28. The number of nitrogens with one attached hydrogen (secondary N) is 1. The van der Waals surface area contributed by atoms with E-state index >= 15 is 0 Å². The minimum Gasteiger partial charge on any atom is -0.436 e. The van der Waals surface area contributed by atoms with Crippen LogP contribution < -0.4 is 4.74 Å². The van der Waals surface area contributed by atoms with Crippen LogP contribution in [0.4, 0.5) is 0 Å². The molecule has 1 aromatic heterocycles. The van der Waals surface area contributed by atoms with Crippen molar-refractivity contribution in [2.75, 3.05) is 0 Å². The lowest BCUT2D eigenvalue weighted by Gasteiger charge is -2.08. The van der Waals surface area contributed by atoms with Gasteiger partial charge in [-0.05, 0) is 41.2 Å². The van der Waals surface area contributed by atoms with Gasteiger partial charge in [-0.3, -0.25) is 9.89 Å². The highest BCUT2D eigenvalue weighted by Crippen LogP contribution is 2.26. The number of carbonyl (C=O) groups is 1. The second-order valence-electron chi connectivity index (χ2n) is 6.47. The Bertz CT molecular complexity index is 849. The Hall–Kier alpha value is -2.95. The third-order valence-electron chi connectivity index (χ3n) is 3.87. The molecule has 0 fully saturated rings. The number of benzene rings is 2. The second-order valence-corrected chi connectivity index (χ2v) is 6.47.